The van der Waals surface area contributed by atoms with Crippen LogP contribution in [0, 0.1) is 5.92 Å². The Bertz CT molecular complexity index is 560. The number of benzene rings is 2. The molecule has 0 saturated carbocycles. The molecule has 1 heteroatoms. The van der Waals surface area contributed by atoms with Crippen LogP contribution in [-0.4, -0.2) is 5.11 Å². The van der Waals surface area contributed by atoms with Gasteiger partial charge in [0.15, 0.2) is 0 Å². The largest absolute Gasteiger partial charge is 0.388 e. The van der Waals surface area contributed by atoms with Crippen molar-refractivity contribution in [3.05, 3.63) is 70.8 Å². The predicted octanol–water partition coefficient (Wildman–Crippen LogP) is 4.48. The van der Waals surface area contributed by atoms with E-state index in [2.05, 4.69) is 55.5 Å². The van der Waals surface area contributed by atoms with Crippen LogP contribution in [0.4, 0.5) is 0 Å². The molecule has 2 aromatic carbocycles. The number of aryl methyl sites for hydroxylation is 1. The highest BCUT2D eigenvalue weighted by molar-refractivity contribution is 5.34. The van der Waals surface area contributed by atoms with Gasteiger partial charge in [-0.25, -0.2) is 0 Å². The smallest absolute Gasteiger partial charge is 0.0824 e. The van der Waals surface area contributed by atoms with Crippen LogP contribution in [0.1, 0.15) is 48.1 Å². The fraction of sp³-hybridized carbons (Fsp3) is 0.400. The Morgan fingerprint density at radius 3 is 2.19 bits per heavy atom. The van der Waals surface area contributed by atoms with Crippen molar-refractivity contribution >= 4 is 0 Å². The summed E-state index contributed by atoms with van der Waals surface area (Å²) in [6.45, 7) is 2.22. The highest BCUT2D eigenvalue weighted by Gasteiger charge is 2.28. The van der Waals surface area contributed by atoms with Crippen molar-refractivity contribution in [2.45, 2.75) is 45.1 Å². The topological polar surface area (TPSA) is 20.2 Å². The Morgan fingerprint density at radius 2 is 1.62 bits per heavy atom. The van der Waals surface area contributed by atoms with Gasteiger partial charge in [0.1, 0.15) is 0 Å². The number of hydrogen-bond donors (Lipinski definition) is 1. The molecule has 0 heterocycles. The Morgan fingerprint density at radius 1 is 1.00 bits per heavy atom. The van der Waals surface area contributed by atoms with Crippen LogP contribution in [0.5, 0.6) is 0 Å². The van der Waals surface area contributed by atoms with Gasteiger partial charge in [-0.1, -0.05) is 61.9 Å². The van der Waals surface area contributed by atoms with Crippen molar-refractivity contribution in [3.8, 4) is 0 Å². The van der Waals surface area contributed by atoms with Crippen LogP contribution in [0.15, 0.2) is 48.5 Å². The zero-order chi connectivity index (χ0) is 14.7. The number of aliphatic hydroxyl groups excluding tert-OH is 1. The summed E-state index contributed by atoms with van der Waals surface area (Å²) in [7, 11) is 0. The fourth-order valence-electron chi connectivity index (χ4n) is 3.35. The summed E-state index contributed by atoms with van der Waals surface area (Å²) in [6, 6.07) is 17.1. The van der Waals surface area contributed by atoms with Crippen molar-refractivity contribution in [1.82, 2.24) is 0 Å². The summed E-state index contributed by atoms with van der Waals surface area (Å²) in [6.07, 6.45) is 5.24. The van der Waals surface area contributed by atoms with E-state index in [1.165, 1.54) is 29.5 Å². The summed E-state index contributed by atoms with van der Waals surface area (Å²) in [4.78, 5) is 0. The molecule has 0 amide bonds. The van der Waals surface area contributed by atoms with E-state index in [1.54, 1.807) is 0 Å². The molecule has 110 valence electrons. The van der Waals surface area contributed by atoms with E-state index < -0.39 is 0 Å². The van der Waals surface area contributed by atoms with Crippen LogP contribution >= 0.6 is 0 Å². The second-order valence-electron chi connectivity index (χ2n) is 6.23. The molecule has 0 aliphatic heterocycles. The van der Waals surface area contributed by atoms with Crippen molar-refractivity contribution in [2.75, 3.05) is 0 Å². The molecular weight excluding hydrogens is 256 g/mol. The molecule has 0 spiro atoms. The lowest BCUT2D eigenvalue weighted by molar-refractivity contribution is 0.113. The summed E-state index contributed by atoms with van der Waals surface area (Å²) in [5, 5.41) is 10.7. The summed E-state index contributed by atoms with van der Waals surface area (Å²) in [5.74, 6) is 0.323. The molecule has 1 aliphatic rings. The Balaban J connectivity index is 1.67. The normalized spacial score (nSPS) is 15.9. The molecule has 0 radical (unpaired) electrons. The van der Waals surface area contributed by atoms with Gasteiger partial charge in [-0.15, -0.1) is 0 Å². The van der Waals surface area contributed by atoms with E-state index in [0.717, 1.165) is 24.8 Å². The van der Waals surface area contributed by atoms with Gasteiger partial charge < -0.3 is 5.11 Å². The first-order valence-corrected chi connectivity index (χ1v) is 8.11. The zero-order valence-electron chi connectivity index (χ0n) is 12.8. The van der Waals surface area contributed by atoms with E-state index >= 15 is 0 Å². The first kappa shape index (κ1) is 14.3. The molecule has 1 atom stereocenters. The Labute approximate surface area is 127 Å². The number of rotatable bonds is 5. The van der Waals surface area contributed by atoms with Gasteiger partial charge in [0.2, 0.25) is 0 Å². The maximum atomic E-state index is 10.7. The molecule has 21 heavy (non-hydrogen) atoms. The molecular formula is C20H24O. The van der Waals surface area contributed by atoms with Crippen molar-refractivity contribution in [2.24, 2.45) is 5.92 Å². The van der Waals surface area contributed by atoms with Crippen LogP contribution in [0.2, 0.25) is 0 Å². The lowest BCUT2D eigenvalue weighted by Crippen LogP contribution is -2.12. The molecule has 0 saturated heterocycles. The van der Waals surface area contributed by atoms with Gasteiger partial charge >= 0.3 is 0 Å². The molecule has 0 bridgehead atoms. The lowest BCUT2D eigenvalue weighted by Gasteiger charge is -2.18. The lowest BCUT2D eigenvalue weighted by atomic mass is 9.92. The molecule has 1 unspecified atom stereocenters. The molecule has 1 N–H and O–H groups in total. The first-order valence-electron chi connectivity index (χ1n) is 8.11. The average Bonchev–Trinajstić information content (AvgIpc) is 2.96. The monoisotopic (exact) mass is 280 g/mol. The van der Waals surface area contributed by atoms with Gasteiger partial charge in [0, 0.05) is 0 Å². The van der Waals surface area contributed by atoms with Crippen molar-refractivity contribution < 1.29 is 5.11 Å². The third-order valence-corrected chi connectivity index (χ3v) is 4.67. The van der Waals surface area contributed by atoms with E-state index in [-0.39, 0.29) is 6.10 Å². The van der Waals surface area contributed by atoms with E-state index in [0.29, 0.717) is 5.92 Å². The van der Waals surface area contributed by atoms with Crippen LogP contribution < -0.4 is 0 Å². The van der Waals surface area contributed by atoms with Gasteiger partial charge in [0.25, 0.3) is 0 Å². The minimum atomic E-state index is -0.349. The number of fused-ring (bicyclic) bond motifs is 1. The fourth-order valence-corrected chi connectivity index (χ4v) is 3.35. The highest BCUT2D eigenvalue weighted by Crippen LogP contribution is 2.35. The maximum Gasteiger partial charge on any atom is 0.0824 e. The van der Waals surface area contributed by atoms with E-state index in [9.17, 15) is 5.11 Å². The quantitative estimate of drug-likeness (QED) is 0.856. The number of aliphatic hydroxyl groups is 1. The van der Waals surface area contributed by atoms with Gasteiger partial charge in [-0.3, -0.25) is 0 Å². The van der Waals surface area contributed by atoms with E-state index in [4.69, 9.17) is 0 Å². The molecule has 1 nitrogen and oxygen atoms in total. The predicted molar refractivity (Wildman–Crippen MR) is 87.4 cm³/mol. The maximum absolute atomic E-state index is 10.7. The number of unbranched alkanes of at least 4 members (excludes halogenated alkanes) is 1. The van der Waals surface area contributed by atoms with Crippen molar-refractivity contribution in [3.63, 3.8) is 0 Å². The van der Waals surface area contributed by atoms with E-state index in [1.807, 2.05) is 0 Å². The van der Waals surface area contributed by atoms with Gasteiger partial charge in [0.05, 0.1) is 6.10 Å². The second kappa shape index (κ2) is 6.44. The SMILES string of the molecule is CCCCc1ccc(C(O)C2Cc3ccccc3C2)cc1. The Kier molecular flexibility index (Phi) is 4.40. The third kappa shape index (κ3) is 3.19. The average molecular weight is 280 g/mol. The Hall–Kier alpha value is -1.60. The third-order valence-electron chi connectivity index (χ3n) is 4.67. The molecule has 0 fully saturated rings. The first-order chi connectivity index (χ1) is 10.3. The van der Waals surface area contributed by atoms with Gasteiger partial charge in [-0.05, 0) is 53.9 Å². The van der Waals surface area contributed by atoms with Crippen LogP contribution in [-0.2, 0) is 19.3 Å². The summed E-state index contributed by atoms with van der Waals surface area (Å²) in [5.41, 5.74) is 5.25. The molecule has 0 aromatic heterocycles. The highest BCUT2D eigenvalue weighted by atomic mass is 16.3. The minimum Gasteiger partial charge on any atom is -0.388 e. The number of hydrogen-bond acceptors (Lipinski definition) is 1. The minimum absolute atomic E-state index is 0.323. The molecule has 2 aromatic rings. The van der Waals surface area contributed by atoms with Crippen LogP contribution in [0.25, 0.3) is 0 Å². The van der Waals surface area contributed by atoms with Crippen LogP contribution in [0.3, 0.4) is 0 Å². The molecule has 1 aliphatic carbocycles. The summed E-state index contributed by atoms with van der Waals surface area (Å²) < 4.78 is 0. The van der Waals surface area contributed by atoms with Crippen molar-refractivity contribution in [1.29, 1.82) is 0 Å². The second-order valence-corrected chi connectivity index (χ2v) is 6.23. The zero-order valence-corrected chi connectivity index (χ0v) is 12.8. The standard InChI is InChI=1S/C20H24O/c1-2-3-6-15-9-11-16(12-10-15)20(21)19-13-17-7-4-5-8-18(17)14-19/h4-5,7-12,19-21H,2-3,6,13-14H2,1H3. The summed E-state index contributed by atoms with van der Waals surface area (Å²) >= 11 is 0. The molecule has 3 rings (SSSR count). The van der Waals surface area contributed by atoms with Gasteiger partial charge in [-0.2, -0.15) is 0 Å².